The first kappa shape index (κ1) is 23.4. The van der Waals surface area contributed by atoms with E-state index in [9.17, 15) is 0 Å². The first-order chi connectivity index (χ1) is 20.3. The lowest BCUT2D eigenvalue weighted by Crippen LogP contribution is -1.97. The van der Waals surface area contributed by atoms with Gasteiger partial charge in [0.25, 0.3) is 0 Å². The van der Waals surface area contributed by atoms with Gasteiger partial charge in [-0.05, 0) is 80.2 Å². The molecule has 0 spiro atoms. The van der Waals surface area contributed by atoms with Crippen LogP contribution in [0.3, 0.4) is 0 Å². The minimum Gasteiger partial charge on any atom is -0.292 e. The summed E-state index contributed by atoms with van der Waals surface area (Å²) in [6, 6.07) is 56.2. The molecule has 0 atom stereocenters. The smallest absolute Gasteiger partial charge is 0.145 e. The van der Waals surface area contributed by atoms with Gasteiger partial charge in [0.05, 0.1) is 11.0 Å². The molecule has 7 aromatic carbocycles. The molecule has 0 aliphatic heterocycles. The van der Waals surface area contributed by atoms with Crippen molar-refractivity contribution in [2.75, 3.05) is 0 Å². The number of imidazole rings is 1. The molecule has 8 aromatic rings. The summed E-state index contributed by atoms with van der Waals surface area (Å²) in [6.45, 7) is 0. The Balaban J connectivity index is 1.24. The van der Waals surface area contributed by atoms with Crippen molar-refractivity contribution in [3.8, 4) is 39.3 Å². The van der Waals surface area contributed by atoms with Crippen LogP contribution >= 0.6 is 0 Å². The Morgan fingerprint density at radius 2 is 0.854 bits per heavy atom. The molecule has 41 heavy (non-hydrogen) atoms. The van der Waals surface area contributed by atoms with Gasteiger partial charge in [-0.25, -0.2) is 4.98 Å². The van der Waals surface area contributed by atoms with Gasteiger partial charge in [-0.3, -0.25) is 4.57 Å². The molecule has 1 heterocycles. The van der Waals surface area contributed by atoms with Crippen LogP contribution in [0.1, 0.15) is 0 Å². The Morgan fingerprint density at radius 1 is 0.366 bits per heavy atom. The molecule has 0 radical (unpaired) electrons. The van der Waals surface area contributed by atoms with Crippen LogP contribution in [0.2, 0.25) is 0 Å². The van der Waals surface area contributed by atoms with Gasteiger partial charge >= 0.3 is 0 Å². The standard InChI is InChI=1S/C39H26N2/c1-2-12-36(13-3-1)41-38-23-22-35(34-21-17-28-9-5-7-11-32(28)25-34)26-37(38)40-39(41)30-18-14-29(15-19-30)33-20-16-27-8-4-6-10-31(27)24-33/h1-26H. The summed E-state index contributed by atoms with van der Waals surface area (Å²) in [5.74, 6) is 0.937. The molecule has 0 aliphatic rings. The summed E-state index contributed by atoms with van der Waals surface area (Å²) in [4.78, 5) is 5.21. The maximum absolute atomic E-state index is 5.21. The van der Waals surface area contributed by atoms with Crippen LogP contribution in [-0.4, -0.2) is 9.55 Å². The summed E-state index contributed by atoms with van der Waals surface area (Å²) < 4.78 is 2.27. The van der Waals surface area contributed by atoms with E-state index in [4.69, 9.17) is 4.98 Å². The number of hydrogen-bond donors (Lipinski definition) is 0. The fourth-order valence-corrected chi connectivity index (χ4v) is 5.84. The van der Waals surface area contributed by atoms with Crippen LogP contribution in [0.5, 0.6) is 0 Å². The third kappa shape index (κ3) is 4.18. The van der Waals surface area contributed by atoms with Crippen molar-refractivity contribution in [1.82, 2.24) is 9.55 Å². The third-order valence-corrected chi connectivity index (χ3v) is 7.98. The molecule has 0 saturated heterocycles. The topological polar surface area (TPSA) is 17.8 Å². The maximum Gasteiger partial charge on any atom is 0.145 e. The highest BCUT2D eigenvalue weighted by molar-refractivity contribution is 5.92. The van der Waals surface area contributed by atoms with E-state index in [2.05, 4.69) is 162 Å². The number of fused-ring (bicyclic) bond motifs is 3. The van der Waals surface area contributed by atoms with Crippen molar-refractivity contribution >= 4 is 32.6 Å². The second-order valence-corrected chi connectivity index (χ2v) is 10.5. The first-order valence-electron chi connectivity index (χ1n) is 14.0. The van der Waals surface area contributed by atoms with E-state index >= 15 is 0 Å². The zero-order valence-electron chi connectivity index (χ0n) is 22.4. The van der Waals surface area contributed by atoms with E-state index in [1.807, 2.05) is 0 Å². The Labute approximate surface area is 238 Å². The maximum atomic E-state index is 5.21. The van der Waals surface area contributed by atoms with Crippen molar-refractivity contribution in [2.45, 2.75) is 0 Å². The van der Waals surface area contributed by atoms with Crippen molar-refractivity contribution in [2.24, 2.45) is 0 Å². The average Bonchev–Trinajstić information content (AvgIpc) is 3.44. The van der Waals surface area contributed by atoms with Gasteiger partial charge in [-0.2, -0.15) is 0 Å². The predicted octanol–water partition coefficient (Wildman–Crippen LogP) is 10.3. The Kier molecular flexibility index (Phi) is 5.49. The fraction of sp³-hybridized carbons (Fsp3) is 0. The highest BCUT2D eigenvalue weighted by Gasteiger charge is 2.15. The fourth-order valence-electron chi connectivity index (χ4n) is 5.84. The first-order valence-corrected chi connectivity index (χ1v) is 14.0. The molecular weight excluding hydrogens is 496 g/mol. The van der Waals surface area contributed by atoms with Gasteiger partial charge in [0.15, 0.2) is 0 Å². The molecule has 2 heteroatoms. The van der Waals surface area contributed by atoms with Gasteiger partial charge in [-0.15, -0.1) is 0 Å². The molecule has 1 aromatic heterocycles. The zero-order valence-corrected chi connectivity index (χ0v) is 22.4. The highest BCUT2D eigenvalue weighted by Crippen LogP contribution is 2.34. The van der Waals surface area contributed by atoms with Crippen molar-refractivity contribution in [1.29, 1.82) is 0 Å². The van der Waals surface area contributed by atoms with Crippen molar-refractivity contribution < 1.29 is 0 Å². The van der Waals surface area contributed by atoms with E-state index in [0.29, 0.717) is 0 Å². The van der Waals surface area contributed by atoms with Crippen LogP contribution in [0, 0.1) is 0 Å². The molecule has 0 unspecified atom stereocenters. The van der Waals surface area contributed by atoms with Gasteiger partial charge in [0.2, 0.25) is 0 Å². The second kappa shape index (κ2) is 9.62. The van der Waals surface area contributed by atoms with Crippen molar-refractivity contribution in [3.63, 3.8) is 0 Å². The number of para-hydroxylation sites is 1. The molecule has 2 nitrogen and oxygen atoms in total. The number of rotatable bonds is 4. The SMILES string of the molecule is c1ccc(-n2c(-c3ccc(-c4ccc5ccccc5c4)cc3)nc3cc(-c4ccc5ccccc5c4)ccc32)cc1. The molecule has 0 N–H and O–H groups in total. The monoisotopic (exact) mass is 522 g/mol. The average molecular weight is 523 g/mol. The summed E-state index contributed by atoms with van der Waals surface area (Å²) in [5, 5.41) is 5.00. The van der Waals surface area contributed by atoms with E-state index in [1.165, 1.54) is 43.8 Å². The summed E-state index contributed by atoms with van der Waals surface area (Å²) in [5.41, 5.74) is 9.03. The molecule has 0 aliphatic carbocycles. The normalized spacial score (nSPS) is 11.4. The Bertz CT molecular complexity index is 2190. The van der Waals surface area contributed by atoms with Gasteiger partial charge in [-0.1, -0.05) is 121 Å². The van der Waals surface area contributed by atoms with E-state index in [0.717, 1.165) is 28.1 Å². The van der Waals surface area contributed by atoms with Gasteiger partial charge in [0, 0.05) is 11.3 Å². The molecule has 0 saturated carbocycles. The van der Waals surface area contributed by atoms with Gasteiger partial charge < -0.3 is 0 Å². The van der Waals surface area contributed by atoms with E-state index in [-0.39, 0.29) is 0 Å². The summed E-state index contributed by atoms with van der Waals surface area (Å²) >= 11 is 0. The van der Waals surface area contributed by atoms with Crippen LogP contribution in [0.4, 0.5) is 0 Å². The van der Waals surface area contributed by atoms with Crippen LogP contribution < -0.4 is 0 Å². The van der Waals surface area contributed by atoms with E-state index < -0.39 is 0 Å². The minimum atomic E-state index is 0.937. The third-order valence-electron chi connectivity index (χ3n) is 7.98. The lowest BCUT2D eigenvalue weighted by atomic mass is 10.00. The largest absolute Gasteiger partial charge is 0.292 e. The number of aromatic nitrogens is 2. The number of benzene rings is 7. The summed E-state index contributed by atoms with van der Waals surface area (Å²) in [6.07, 6.45) is 0. The Morgan fingerprint density at radius 3 is 1.51 bits per heavy atom. The molecular formula is C39H26N2. The number of nitrogens with zero attached hydrogens (tertiary/aromatic N) is 2. The van der Waals surface area contributed by atoms with Crippen LogP contribution in [-0.2, 0) is 0 Å². The zero-order chi connectivity index (χ0) is 27.2. The molecule has 0 bridgehead atoms. The molecule has 0 amide bonds. The van der Waals surface area contributed by atoms with Crippen molar-refractivity contribution in [3.05, 3.63) is 158 Å². The Hall–Kier alpha value is -5.47. The number of hydrogen-bond acceptors (Lipinski definition) is 1. The minimum absolute atomic E-state index is 0.937. The van der Waals surface area contributed by atoms with E-state index in [1.54, 1.807) is 0 Å². The lowest BCUT2D eigenvalue weighted by molar-refractivity contribution is 1.10. The second-order valence-electron chi connectivity index (χ2n) is 10.5. The lowest BCUT2D eigenvalue weighted by Gasteiger charge is -2.11. The molecule has 0 fully saturated rings. The van der Waals surface area contributed by atoms with Crippen LogP contribution in [0.25, 0.3) is 71.9 Å². The molecule has 192 valence electrons. The predicted molar refractivity (Wildman–Crippen MR) is 172 cm³/mol. The quantitative estimate of drug-likeness (QED) is 0.225. The van der Waals surface area contributed by atoms with Crippen LogP contribution in [0.15, 0.2) is 158 Å². The highest BCUT2D eigenvalue weighted by atomic mass is 15.1. The summed E-state index contributed by atoms with van der Waals surface area (Å²) in [7, 11) is 0. The van der Waals surface area contributed by atoms with Gasteiger partial charge in [0.1, 0.15) is 5.82 Å². The molecule has 8 rings (SSSR count).